The maximum Gasteiger partial charge on any atom is 0.408 e. The molecule has 8 nitrogen and oxygen atoms in total. The van der Waals surface area contributed by atoms with Crippen LogP contribution in [0.3, 0.4) is 0 Å². The van der Waals surface area contributed by atoms with Crippen LogP contribution in [0.1, 0.15) is 100 Å². The molecular weight excluding hydrogens is 590 g/mol. The van der Waals surface area contributed by atoms with Crippen LogP contribution in [0.4, 0.5) is 10.5 Å². The third kappa shape index (κ3) is 11.2. The van der Waals surface area contributed by atoms with Crippen LogP contribution in [0.25, 0.3) is 0 Å². The molecule has 0 saturated carbocycles. The van der Waals surface area contributed by atoms with Crippen LogP contribution in [0.2, 0.25) is 0 Å². The maximum atomic E-state index is 14.8. The van der Waals surface area contributed by atoms with E-state index in [9.17, 15) is 19.5 Å². The number of alkyl carbamates (subject to hydrolysis) is 1. The molecule has 0 aromatic heterocycles. The molecule has 2 unspecified atom stereocenters. The summed E-state index contributed by atoms with van der Waals surface area (Å²) in [6.07, 6.45) is 5.36. The minimum Gasteiger partial charge on any atom is -0.507 e. The molecule has 3 aromatic rings. The lowest BCUT2D eigenvalue weighted by molar-refractivity contribution is -0.141. The second-order valence-electron chi connectivity index (χ2n) is 13.4. The number of nitrogens with zero attached hydrogens (tertiary/aromatic N) is 1. The molecular formula is C39H53N3O5. The molecule has 3 N–H and O–H groups in total. The highest BCUT2D eigenvalue weighted by Gasteiger charge is 2.38. The van der Waals surface area contributed by atoms with E-state index in [0.29, 0.717) is 23.2 Å². The zero-order valence-corrected chi connectivity index (χ0v) is 29.2. The number of aryl methyl sites for hydroxylation is 3. The molecule has 47 heavy (non-hydrogen) atoms. The summed E-state index contributed by atoms with van der Waals surface area (Å²) in [6.45, 7) is 13.3. The summed E-state index contributed by atoms with van der Waals surface area (Å²) >= 11 is 0. The van der Waals surface area contributed by atoms with Crippen LogP contribution in [-0.2, 0) is 20.7 Å². The largest absolute Gasteiger partial charge is 0.507 e. The Morgan fingerprint density at radius 1 is 0.809 bits per heavy atom. The quantitative estimate of drug-likeness (QED) is 0.144. The van der Waals surface area contributed by atoms with Crippen LogP contribution >= 0.6 is 0 Å². The van der Waals surface area contributed by atoms with Gasteiger partial charge in [0.05, 0.1) is 0 Å². The number of rotatable bonds is 15. The van der Waals surface area contributed by atoms with Gasteiger partial charge in [-0.25, -0.2) is 4.79 Å². The second kappa shape index (κ2) is 17.5. The number of amides is 3. The number of phenolic OH excluding ortho intramolecular Hbond substituents is 1. The summed E-state index contributed by atoms with van der Waals surface area (Å²) in [5.41, 5.74) is 3.41. The fourth-order valence-corrected chi connectivity index (χ4v) is 5.69. The van der Waals surface area contributed by atoms with Crippen molar-refractivity contribution in [2.45, 2.75) is 111 Å². The van der Waals surface area contributed by atoms with Crippen molar-refractivity contribution < 1.29 is 24.2 Å². The van der Waals surface area contributed by atoms with E-state index in [4.69, 9.17) is 4.74 Å². The molecule has 3 rings (SSSR count). The van der Waals surface area contributed by atoms with Crippen molar-refractivity contribution in [2.24, 2.45) is 0 Å². The van der Waals surface area contributed by atoms with Gasteiger partial charge in [0.25, 0.3) is 5.91 Å². The van der Waals surface area contributed by atoms with Gasteiger partial charge in [-0.2, -0.15) is 0 Å². The molecule has 0 fully saturated rings. The van der Waals surface area contributed by atoms with Gasteiger partial charge in [0.2, 0.25) is 5.91 Å². The van der Waals surface area contributed by atoms with Gasteiger partial charge in [0.1, 0.15) is 23.4 Å². The Balaban J connectivity index is 2.12. The number of phenols is 1. The fourth-order valence-electron chi connectivity index (χ4n) is 5.69. The van der Waals surface area contributed by atoms with E-state index in [2.05, 4.69) is 17.6 Å². The molecule has 254 valence electrons. The van der Waals surface area contributed by atoms with Gasteiger partial charge in [-0.3, -0.25) is 9.59 Å². The summed E-state index contributed by atoms with van der Waals surface area (Å²) < 4.78 is 5.56. The topological polar surface area (TPSA) is 108 Å². The Labute approximate surface area is 280 Å². The lowest BCUT2D eigenvalue weighted by Gasteiger charge is -2.35. The van der Waals surface area contributed by atoms with Crippen molar-refractivity contribution in [2.75, 3.05) is 11.9 Å². The first-order valence-corrected chi connectivity index (χ1v) is 16.8. The number of hydrogen-bond acceptors (Lipinski definition) is 5. The van der Waals surface area contributed by atoms with Gasteiger partial charge < -0.3 is 25.4 Å². The lowest BCUT2D eigenvalue weighted by atomic mass is 9.97. The molecule has 0 aliphatic heterocycles. The summed E-state index contributed by atoms with van der Waals surface area (Å²) in [7, 11) is 0. The van der Waals surface area contributed by atoms with Crippen LogP contribution in [0, 0.1) is 20.8 Å². The zero-order chi connectivity index (χ0) is 34.6. The number of benzene rings is 3. The first-order valence-electron chi connectivity index (χ1n) is 16.8. The SMILES string of the molecule is CCCCCCCCN(C(=O)C(Cc1ccccc1)NC(=O)OC(C)(C)C)C(C(=O)Nc1c(C)cccc1C)c1cccc(C)c1O. The summed E-state index contributed by atoms with van der Waals surface area (Å²) in [5.74, 6) is -0.927. The smallest absolute Gasteiger partial charge is 0.408 e. The van der Waals surface area contributed by atoms with Crippen molar-refractivity contribution in [1.29, 1.82) is 0 Å². The highest BCUT2D eigenvalue weighted by molar-refractivity contribution is 6.00. The van der Waals surface area contributed by atoms with Crippen LogP contribution < -0.4 is 10.6 Å². The highest BCUT2D eigenvalue weighted by Crippen LogP contribution is 2.34. The molecule has 0 aliphatic carbocycles. The Morgan fingerprint density at radius 3 is 2.04 bits per heavy atom. The van der Waals surface area contributed by atoms with Gasteiger partial charge in [-0.1, -0.05) is 106 Å². The van der Waals surface area contributed by atoms with Gasteiger partial charge in [0.15, 0.2) is 0 Å². The Bertz CT molecular complexity index is 1460. The number of carbonyl (C=O) groups is 3. The van der Waals surface area contributed by atoms with Gasteiger partial charge in [-0.05, 0) is 70.2 Å². The first-order chi connectivity index (χ1) is 22.3. The number of para-hydroxylation sites is 2. The summed E-state index contributed by atoms with van der Waals surface area (Å²) in [4.78, 5) is 43.9. The minimum atomic E-state index is -1.17. The Morgan fingerprint density at radius 2 is 1.40 bits per heavy atom. The Hall–Kier alpha value is -4.33. The van der Waals surface area contributed by atoms with E-state index in [-0.39, 0.29) is 18.7 Å². The molecule has 0 aliphatic rings. The van der Waals surface area contributed by atoms with Crippen LogP contribution in [0.5, 0.6) is 5.75 Å². The normalized spacial score (nSPS) is 12.6. The monoisotopic (exact) mass is 643 g/mol. The number of aromatic hydroxyl groups is 1. The zero-order valence-electron chi connectivity index (χ0n) is 29.2. The first kappa shape index (κ1) is 37.1. The van der Waals surface area contributed by atoms with Crippen molar-refractivity contribution in [3.8, 4) is 5.75 Å². The third-order valence-electron chi connectivity index (χ3n) is 8.16. The predicted octanol–water partition coefficient (Wildman–Crippen LogP) is 8.32. The fraction of sp³-hybridized carbons (Fsp3) is 0.462. The number of ether oxygens (including phenoxy) is 1. The van der Waals surface area contributed by atoms with E-state index in [1.54, 1.807) is 45.9 Å². The number of nitrogens with one attached hydrogen (secondary N) is 2. The van der Waals surface area contributed by atoms with Crippen molar-refractivity contribution in [3.63, 3.8) is 0 Å². The average Bonchev–Trinajstić information content (AvgIpc) is 3.01. The molecule has 3 aromatic carbocycles. The molecule has 3 amide bonds. The standard InChI is InChI=1S/C39H53N3O5/c1-8-9-10-11-12-16-25-42(37(45)32(26-30-22-14-13-15-23-30)40-38(46)47-39(5,6)7)34(31-24-18-21-29(4)35(31)43)36(44)41-33-27(2)19-17-20-28(33)3/h13-15,17-24,32,34,43H,8-12,16,25-26H2,1-7H3,(H,40,46)(H,41,44). The molecule has 2 atom stereocenters. The van der Waals surface area contributed by atoms with Crippen molar-refractivity contribution in [3.05, 3.63) is 94.5 Å². The van der Waals surface area contributed by atoms with Crippen LogP contribution in [-0.4, -0.2) is 46.1 Å². The van der Waals surface area contributed by atoms with E-state index in [1.807, 2.05) is 62.4 Å². The van der Waals surface area contributed by atoms with Gasteiger partial charge >= 0.3 is 6.09 Å². The molecule has 0 saturated heterocycles. The van der Waals surface area contributed by atoms with Gasteiger partial charge in [-0.15, -0.1) is 0 Å². The molecule has 8 heteroatoms. The van der Waals surface area contributed by atoms with Crippen molar-refractivity contribution in [1.82, 2.24) is 10.2 Å². The van der Waals surface area contributed by atoms with E-state index >= 15 is 0 Å². The average molecular weight is 644 g/mol. The van der Waals surface area contributed by atoms with Gasteiger partial charge in [0, 0.05) is 24.2 Å². The molecule has 0 spiro atoms. The van der Waals surface area contributed by atoms with E-state index in [0.717, 1.165) is 48.8 Å². The summed E-state index contributed by atoms with van der Waals surface area (Å²) in [5, 5.41) is 17.2. The molecule has 0 heterocycles. The van der Waals surface area contributed by atoms with Crippen molar-refractivity contribution >= 4 is 23.6 Å². The number of anilines is 1. The highest BCUT2D eigenvalue weighted by atomic mass is 16.6. The lowest BCUT2D eigenvalue weighted by Crippen LogP contribution is -2.53. The third-order valence-corrected chi connectivity index (χ3v) is 8.16. The van der Waals surface area contributed by atoms with E-state index in [1.165, 1.54) is 4.90 Å². The Kier molecular flexibility index (Phi) is 13.9. The maximum absolute atomic E-state index is 14.8. The molecule has 0 bridgehead atoms. The van der Waals surface area contributed by atoms with Crippen LogP contribution in [0.15, 0.2) is 66.7 Å². The second-order valence-corrected chi connectivity index (χ2v) is 13.4. The number of carbonyl (C=O) groups excluding carboxylic acids is 3. The summed E-state index contributed by atoms with van der Waals surface area (Å²) in [6, 6.07) is 18.2. The number of hydrogen-bond donors (Lipinski definition) is 3. The number of unbranched alkanes of at least 4 members (excludes halogenated alkanes) is 5. The molecule has 0 radical (unpaired) electrons. The minimum absolute atomic E-state index is 0.0467. The predicted molar refractivity (Wildman–Crippen MR) is 189 cm³/mol. The van der Waals surface area contributed by atoms with E-state index < -0.39 is 35.6 Å².